The Labute approximate surface area is 118 Å². The van der Waals surface area contributed by atoms with Crippen molar-refractivity contribution in [2.24, 2.45) is 11.7 Å². The van der Waals surface area contributed by atoms with Gasteiger partial charge in [-0.2, -0.15) is 0 Å². The molecule has 0 aromatic heterocycles. The Morgan fingerprint density at radius 3 is 2.30 bits per heavy atom. The van der Waals surface area contributed by atoms with Crippen LogP contribution in [0.2, 0.25) is 0 Å². The standard InChI is InChI=1S/C14H21N3O3/c1-9(2)12(17-14(15)19)13(18)16-8-10-4-6-11(20-3)7-5-10/h4-7,9,12H,8H2,1-3H3,(H,16,18)(H3,15,17,19)/t12-/m0/s1. The van der Waals surface area contributed by atoms with Crippen molar-refractivity contribution in [3.8, 4) is 5.75 Å². The van der Waals surface area contributed by atoms with Crippen LogP contribution in [-0.4, -0.2) is 25.1 Å². The van der Waals surface area contributed by atoms with E-state index in [1.807, 2.05) is 38.1 Å². The zero-order valence-electron chi connectivity index (χ0n) is 12.0. The summed E-state index contributed by atoms with van der Waals surface area (Å²) in [6, 6.07) is 6.04. The highest BCUT2D eigenvalue weighted by Crippen LogP contribution is 2.11. The number of primary amides is 1. The zero-order chi connectivity index (χ0) is 15.1. The van der Waals surface area contributed by atoms with Crippen molar-refractivity contribution in [1.29, 1.82) is 0 Å². The van der Waals surface area contributed by atoms with E-state index >= 15 is 0 Å². The quantitative estimate of drug-likeness (QED) is 0.725. The van der Waals surface area contributed by atoms with Gasteiger partial charge in [-0.05, 0) is 23.6 Å². The predicted octanol–water partition coefficient (Wildman–Crippen LogP) is 1.00. The summed E-state index contributed by atoms with van der Waals surface area (Å²) in [5.74, 6) is 0.462. The number of nitrogens with two attached hydrogens (primary N) is 1. The second-order valence-corrected chi connectivity index (χ2v) is 4.80. The molecule has 0 radical (unpaired) electrons. The molecule has 110 valence electrons. The van der Waals surface area contributed by atoms with Crippen LogP contribution >= 0.6 is 0 Å². The first-order chi connectivity index (χ1) is 9.43. The maximum Gasteiger partial charge on any atom is 0.312 e. The van der Waals surface area contributed by atoms with E-state index in [4.69, 9.17) is 10.5 Å². The van der Waals surface area contributed by atoms with E-state index < -0.39 is 12.1 Å². The average molecular weight is 279 g/mol. The maximum absolute atomic E-state index is 12.0. The first kappa shape index (κ1) is 15.8. The van der Waals surface area contributed by atoms with Gasteiger partial charge in [0.15, 0.2) is 0 Å². The SMILES string of the molecule is COc1ccc(CNC(=O)[C@@H](NC(N)=O)C(C)C)cc1. The number of nitrogens with one attached hydrogen (secondary N) is 2. The van der Waals surface area contributed by atoms with Crippen LogP contribution in [0.3, 0.4) is 0 Å². The number of carbonyl (C=O) groups is 2. The van der Waals surface area contributed by atoms with Gasteiger partial charge in [0.1, 0.15) is 11.8 Å². The van der Waals surface area contributed by atoms with Crippen molar-refractivity contribution >= 4 is 11.9 Å². The minimum absolute atomic E-state index is 0.0432. The molecule has 6 nitrogen and oxygen atoms in total. The molecule has 0 aliphatic heterocycles. The summed E-state index contributed by atoms with van der Waals surface area (Å²) in [5.41, 5.74) is 6.01. The van der Waals surface area contributed by atoms with Gasteiger partial charge in [0, 0.05) is 6.54 Å². The molecule has 0 fully saturated rings. The third-order valence-electron chi connectivity index (χ3n) is 2.87. The van der Waals surface area contributed by atoms with Crippen LogP contribution in [0.25, 0.3) is 0 Å². The summed E-state index contributed by atoms with van der Waals surface area (Å²) in [6.45, 7) is 4.06. The predicted molar refractivity (Wildman–Crippen MR) is 76.2 cm³/mol. The van der Waals surface area contributed by atoms with Gasteiger partial charge in [-0.25, -0.2) is 4.79 Å². The Balaban J connectivity index is 2.57. The van der Waals surface area contributed by atoms with Gasteiger partial charge in [-0.15, -0.1) is 0 Å². The van der Waals surface area contributed by atoms with E-state index in [9.17, 15) is 9.59 Å². The summed E-state index contributed by atoms with van der Waals surface area (Å²) in [6.07, 6.45) is 0. The van der Waals surface area contributed by atoms with Crippen molar-refractivity contribution in [2.45, 2.75) is 26.4 Å². The van der Waals surface area contributed by atoms with Crippen molar-refractivity contribution < 1.29 is 14.3 Å². The fourth-order valence-corrected chi connectivity index (χ4v) is 1.73. The Morgan fingerprint density at radius 2 is 1.85 bits per heavy atom. The van der Waals surface area contributed by atoms with Crippen LogP contribution in [0.5, 0.6) is 5.75 Å². The average Bonchev–Trinajstić information content (AvgIpc) is 2.42. The molecule has 0 aliphatic carbocycles. The summed E-state index contributed by atoms with van der Waals surface area (Å²) < 4.78 is 5.06. The van der Waals surface area contributed by atoms with Crippen LogP contribution in [-0.2, 0) is 11.3 Å². The van der Waals surface area contributed by atoms with Crippen LogP contribution in [0.1, 0.15) is 19.4 Å². The van der Waals surface area contributed by atoms with E-state index in [-0.39, 0.29) is 11.8 Å². The lowest BCUT2D eigenvalue weighted by Crippen LogP contribution is -2.51. The van der Waals surface area contributed by atoms with Crippen LogP contribution in [0, 0.1) is 5.92 Å². The van der Waals surface area contributed by atoms with Gasteiger partial charge in [0.05, 0.1) is 7.11 Å². The lowest BCUT2D eigenvalue weighted by molar-refractivity contribution is -0.124. The van der Waals surface area contributed by atoms with E-state index in [2.05, 4.69) is 10.6 Å². The molecule has 1 rings (SSSR count). The third kappa shape index (κ3) is 4.79. The summed E-state index contributed by atoms with van der Waals surface area (Å²) in [4.78, 5) is 22.9. The number of rotatable bonds is 6. The molecular formula is C14H21N3O3. The molecule has 1 aromatic rings. The van der Waals surface area contributed by atoms with Crippen molar-refractivity contribution in [1.82, 2.24) is 10.6 Å². The second-order valence-electron chi connectivity index (χ2n) is 4.80. The van der Waals surface area contributed by atoms with Gasteiger partial charge in [0.2, 0.25) is 5.91 Å². The summed E-state index contributed by atoms with van der Waals surface area (Å²) >= 11 is 0. The molecule has 6 heteroatoms. The van der Waals surface area contributed by atoms with Crippen molar-refractivity contribution in [2.75, 3.05) is 7.11 Å². The fraction of sp³-hybridized carbons (Fsp3) is 0.429. The Hall–Kier alpha value is -2.24. The molecule has 1 aromatic carbocycles. The first-order valence-electron chi connectivity index (χ1n) is 6.40. The highest BCUT2D eigenvalue weighted by Gasteiger charge is 2.22. The number of hydrogen-bond acceptors (Lipinski definition) is 3. The van der Waals surface area contributed by atoms with Gasteiger partial charge in [-0.1, -0.05) is 26.0 Å². The Bertz CT molecular complexity index is 457. The number of benzene rings is 1. The second kappa shape index (κ2) is 7.37. The molecule has 0 unspecified atom stereocenters. The molecule has 3 amide bonds. The molecule has 0 bridgehead atoms. The smallest absolute Gasteiger partial charge is 0.312 e. The lowest BCUT2D eigenvalue weighted by Gasteiger charge is -2.20. The minimum atomic E-state index is -0.705. The molecule has 0 saturated carbocycles. The number of hydrogen-bond donors (Lipinski definition) is 3. The van der Waals surface area contributed by atoms with E-state index in [1.165, 1.54) is 0 Å². The molecule has 0 aliphatic rings. The van der Waals surface area contributed by atoms with Crippen molar-refractivity contribution in [3.63, 3.8) is 0 Å². The monoisotopic (exact) mass is 279 g/mol. The molecule has 1 atom stereocenters. The molecule has 0 heterocycles. The number of carbonyl (C=O) groups excluding carboxylic acids is 2. The van der Waals surface area contributed by atoms with E-state index in [0.717, 1.165) is 11.3 Å². The molecule has 20 heavy (non-hydrogen) atoms. The zero-order valence-corrected chi connectivity index (χ0v) is 12.0. The fourth-order valence-electron chi connectivity index (χ4n) is 1.73. The summed E-state index contributed by atoms with van der Waals surface area (Å²) in [5, 5.41) is 5.21. The van der Waals surface area contributed by atoms with Gasteiger partial charge < -0.3 is 21.1 Å². The van der Waals surface area contributed by atoms with E-state index in [1.54, 1.807) is 7.11 Å². The highest BCUT2D eigenvalue weighted by molar-refractivity contribution is 5.86. The summed E-state index contributed by atoms with van der Waals surface area (Å²) in [7, 11) is 1.60. The normalized spacial score (nSPS) is 11.8. The molecule has 0 saturated heterocycles. The van der Waals surface area contributed by atoms with Gasteiger partial charge in [-0.3, -0.25) is 4.79 Å². The topological polar surface area (TPSA) is 93.4 Å². The van der Waals surface area contributed by atoms with E-state index in [0.29, 0.717) is 6.54 Å². The first-order valence-corrected chi connectivity index (χ1v) is 6.40. The number of ether oxygens (including phenoxy) is 1. The minimum Gasteiger partial charge on any atom is -0.497 e. The van der Waals surface area contributed by atoms with Crippen LogP contribution < -0.4 is 21.1 Å². The largest absolute Gasteiger partial charge is 0.497 e. The van der Waals surface area contributed by atoms with Gasteiger partial charge in [0.25, 0.3) is 0 Å². The highest BCUT2D eigenvalue weighted by atomic mass is 16.5. The van der Waals surface area contributed by atoms with Gasteiger partial charge >= 0.3 is 6.03 Å². The molecule has 4 N–H and O–H groups in total. The Kier molecular flexibility index (Phi) is 5.83. The lowest BCUT2D eigenvalue weighted by atomic mass is 10.0. The number of methoxy groups -OCH3 is 1. The van der Waals surface area contributed by atoms with Crippen LogP contribution in [0.4, 0.5) is 4.79 Å². The Morgan fingerprint density at radius 1 is 1.25 bits per heavy atom. The number of amides is 3. The number of urea groups is 1. The third-order valence-corrected chi connectivity index (χ3v) is 2.87. The molecule has 0 spiro atoms. The molecular weight excluding hydrogens is 258 g/mol. The van der Waals surface area contributed by atoms with Crippen LogP contribution in [0.15, 0.2) is 24.3 Å². The van der Waals surface area contributed by atoms with Crippen molar-refractivity contribution in [3.05, 3.63) is 29.8 Å². The maximum atomic E-state index is 12.0.